The van der Waals surface area contributed by atoms with Gasteiger partial charge >= 0.3 is 0 Å². The second-order valence-corrected chi connectivity index (χ2v) is 6.80. The predicted octanol–water partition coefficient (Wildman–Crippen LogP) is 5.00. The molecule has 1 heterocycles. The lowest BCUT2D eigenvalue weighted by Crippen LogP contribution is -2.01. The van der Waals surface area contributed by atoms with Crippen molar-refractivity contribution in [3.63, 3.8) is 0 Å². The van der Waals surface area contributed by atoms with E-state index in [0.29, 0.717) is 17.5 Å². The first-order valence-electron chi connectivity index (χ1n) is 9.81. The van der Waals surface area contributed by atoms with E-state index in [1.807, 2.05) is 93.9 Å². The van der Waals surface area contributed by atoms with Gasteiger partial charge in [0.2, 0.25) is 0 Å². The molecular weight excluding hydrogens is 372 g/mol. The molecule has 0 spiro atoms. The minimum Gasteiger partial charge on any atom is -0.388 e. The van der Waals surface area contributed by atoms with Crippen LogP contribution in [0.2, 0.25) is 0 Å². The van der Waals surface area contributed by atoms with Crippen molar-refractivity contribution in [3.8, 4) is 34.2 Å². The summed E-state index contributed by atoms with van der Waals surface area (Å²) in [5.41, 5.74) is 5.77. The summed E-state index contributed by atoms with van der Waals surface area (Å²) in [4.78, 5) is 14.4. The summed E-state index contributed by atoms with van der Waals surface area (Å²) in [7, 11) is 5.70. The number of anilines is 3. The maximum absolute atomic E-state index is 4.82. The SMILES string of the molecule is CNc1cccc(-c2nc(-c3ccccc3)nc(-c3cc(NC)cc(NC)c3)n2)c1. The Morgan fingerprint density at radius 3 is 1.57 bits per heavy atom. The molecule has 0 radical (unpaired) electrons. The van der Waals surface area contributed by atoms with E-state index in [9.17, 15) is 0 Å². The van der Waals surface area contributed by atoms with E-state index < -0.39 is 0 Å². The fourth-order valence-electron chi connectivity index (χ4n) is 3.21. The lowest BCUT2D eigenvalue weighted by molar-refractivity contribution is 1.07. The molecule has 0 atom stereocenters. The number of benzene rings is 3. The van der Waals surface area contributed by atoms with Crippen LogP contribution in [0.5, 0.6) is 0 Å². The fourth-order valence-corrected chi connectivity index (χ4v) is 3.21. The van der Waals surface area contributed by atoms with Gasteiger partial charge in [-0.2, -0.15) is 0 Å². The highest BCUT2D eigenvalue weighted by Gasteiger charge is 2.13. The van der Waals surface area contributed by atoms with Gasteiger partial charge in [-0.1, -0.05) is 42.5 Å². The molecule has 0 aliphatic heterocycles. The number of hydrogen-bond acceptors (Lipinski definition) is 6. The van der Waals surface area contributed by atoms with Gasteiger partial charge in [-0.15, -0.1) is 0 Å². The molecular formula is C24H24N6. The quantitative estimate of drug-likeness (QED) is 0.426. The van der Waals surface area contributed by atoms with E-state index >= 15 is 0 Å². The van der Waals surface area contributed by atoms with E-state index in [1.54, 1.807) is 0 Å². The maximum Gasteiger partial charge on any atom is 0.164 e. The fraction of sp³-hybridized carbons (Fsp3) is 0.125. The van der Waals surface area contributed by atoms with E-state index in [-0.39, 0.29) is 0 Å². The van der Waals surface area contributed by atoms with Gasteiger partial charge in [0.25, 0.3) is 0 Å². The molecule has 4 aromatic rings. The molecule has 6 nitrogen and oxygen atoms in total. The van der Waals surface area contributed by atoms with Crippen LogP contribution in [0.4, 0.5) is 17.1 Å². The van der Waals surface area contributed by atoms with Crippen LogP contribution in [-0.2, 0) is 0 Å². The van der Waals surface area contributed by atoms with Gasteiger partial charge in [0.1, 0.15) is 0 Å². The summed E-state index contributed by atoms with van der Waals surface area (Å²) in [6, 6.07) is 24.2. The number of hydrogen-bond donors (Lipinski definition) is 3. The third-order valence-electron chi connectivity index (χ3n) is 4.85. The topological polar surface area (TPSA) is 74.8 Å². The molecule has 0 saturated carbocycles. The van der Waals surface area contributed by atoms with Crippen molar-refractivity contribution in [2.45, 2.75) is 0 Å². The van der Waals surface area contributed by atoms with Crippen molar-refractivity contribution in [1.29, 1.82) is 0 Å². The van der Waals surface area contributed by atoms with Gasteiger partial charge in [0.15, 0.2) is 17.5 Å². The highest BCUT2D eigenvalue weighted by atomic mass is 15.0. The maximum atomic E-state index is 4.82. The summed E-state index contributed by atoms with van der Waals surface area (Å²) in [5.74, 6) is 1.91. The zero-order valence-corrected chi connectivity index (χ0v) is 17.3. The van der Waals surface area contributed by atoms with Crippen LogP contribution in [0.25, 0.3) is 34.2 Å². The van der Waals surface area contributed by atoms with Crippen molar-refractivity contribution in [1.82, 2.24) is 15.0 Å². The Balaban J connectivity index is 1.92. The lowest BCUT2D eigenvalue weighted by atomic mass is 10.1. The molecule has 0 aliphatic carbocycles. The third-order valence-corrected chi connectivity index (χ3v) is 4.85. The minimum atomic E-state index is 0.627. The van der Waals surface area contributed by atoms with Gasteiger partial charge in [0.05, 0.1) is 0 Å². The molecule has 0 aliphatic rings. The summed E-state index contributed by atoms with van der Waals surface area (Å²) in [6.45, 7) is 0. The molecule has 0 fully saturated rings. The van der Waals surface area contributed by atoms with Crippen molar-refractivity contribution in [2.24, 2.45) is 0 Å². The first-order chi connectivity index (χ1) is 14.7. The number of aromatic nitrogens is 3. The minimum absolute atomic E-state index is 0.627. The Kier molecular flexibility index (Phi) is 5.57. The molecule has 1 aromatic heterocycles. The molecule has 0 unspecified atom stereocenters. The number of nitrogens with one attached hydrogen (secondary N) is 3. The molecule has 4 rings (SSSR count). The van der Waals surface area contributed by atoms with Crippen molar-refractivity contribution in [2.75, 3.05) is 37.1 Å². The van der Waals surface area contributed by atoms with Gasteiger partial charge in [0, 0.05) is 54.9 Å². The molecule has 6 heteroatoms. The number of nitrogens with zero attached hydrogens (tertiary/aromatic N) is 3. The van der Waals surface area contributed by atoms with Crippen LogP contribution >= 0.6 is 0 Å². The average Bonchev–Trinajstić information content (AvgIpc) is 2.84. The molecule has 3 aromatic carbocycles. The summed E-state index contributed by atoms with van der Waals surface area (Å²) < 4.78 is 0. The Labute approximate surface area is 176 Å². The van der Waals surface area contributed by atoms with Crippen molar-refractivity contribution < 1.29 is 0 Å². The van der Waals surface area contributed by atoms with Gasteiger partial charge in [-0.25, -0.2) is 15.0 Å². The zero-order valence-electron chi connectivity index (χ0n) is 17.3. The lowest BCUT2D eigenvalue weighted by Gasteiger charge is -2.12. The van der Waals surface area contributed by atoms with Crippen LogP contribution in [-0.4, -0.2) is 36.1 Å². The Hall–Kier alpha value is -3.93. The van der Waals surface area contributed by atoms with Crippen LogP contribution in [0, 0.1) is 0 Å². The second kappa shape index (κ2) is 8.61. The second-order valence-electron chi connectivity index (χ2n) is 6.80. The van der Waals surface area contributed by atoms with Crippen molar-refractivity contribution >= 4 is 17.1 Å². The zero-order chi connectivity index (χ0) is 20.9. The summed E-state index contributed by atoms with van der Waals surface area (Å²) in [5, 5.41) is 9.57. The normalized spacial score (nSPS) is 10.5. The van der Waals surface area contributed by atoms with Crippen molar-refractivity contribution in [3.05, 3.63) is 72.8 Å². The van der Waals surface area contributed by atoms with Crippen LogP contribution < -0.4 is 16.0 Å². The van der Waals surface area contributed by atoms with Gasteiger partial charge < -0.3 is 16.0 Å². The molecule has 3 N–H and O–H groups in total. The van der Waals surface area contributed by atoms with Gasteiger partial charge in [-0.3, -0.25) is 0 Å². The molecule has 0 bridgehead atoms. The first-order valence-corrected chi connectivity index (χ1v) is 9.81. The first kappa shape index (κ1) is 19.4. The Morgan fingerprint density at radius 2 is 0.967 bits per heavy atom. The van der Waals surface area contributed by atoms with E-state index in [0.717, 1.165) is 33.8 Å². The molecule has 0 amide bonds. The van der Waals surface area contributed by atoms with Crippen LogP contribution in [0.3, 0.4) is 0 Å². The van der Waals surface area contributed by atoms with E-state index in [1.165, 1.54) is 0 Å². The Bertz CT molecular complexity index is 1140. The summed E-state index contributed by atoms with van der Waals surface area (Å²) in [6.07, 6.45) is 0. The standard InChI is InChI=1S/C24H24N6/c1-25-19-11-7-10-17(12-19)23-28-22(16-8-5-4-6-9-16)29-24(30-23)18-13-20(26-2)15-21(14-18)27-3/h4-15,25-27H,1-3H3. The monoisotopic (exact) mass is 396 g/mol. The highest BCUT2D eigenvalue weighted by molar-refractivity contribution is 5.73. The summed E-state index contributed by atoms with van der Waals surface area (Å²) >= 11 is 0. The molecule has 0 saturated heterocycles. The number of rotatable bonds is 6. The molecule has 150 valence electrons. The average molecular weight is 396 g/mol. The van der Waals surface area contributed by atoms with Crippen LogP contribution in [0.15, 0.2) is 72.8 Å². The smallest absolute Gasteiger partial charge is 0.164 e. The largest absolute Gasteiger partial charge is 0.388 e. The molecule has 30 heavy (non-hydrogen) atoms. The van der Waals surface area contributed by atoms with E-state index in [4.69, 9.17) is 15.0 Å². The van der Waals surface area contributed by atoms with E-state index in [2.05, 4.69) is 16.0 Å². The Morgan fingerprint density at radius 1 is 0.467 bits per heavy atom. The highest BCUT2D eigenvalue weighted by Crippen LogP contribution is 2.29. The predicted molar refractivity (Wildman–Crippen MR) is 125 cm³/mol. The third kappa shape index (κ3) is 4.07. The van der Waals surface area contributed by atoms with Crippen LogP contribution in [0.1, 0.15) is 0 Å². The van der Waals surface area contributed by atoms with Gasteiger partial charge in [-0.05, 0) is 30.3 Å².